The predicted molar refractivity (Wildman–Crippen MR) is 88.3 cm³/mol. The van der Waals surface area contributed by atoms with Crippen LogP contribution in [0.15, 0.2) is 32.0 Å². The Morgan fingerprint density at radius 2 is 2.00 bits per heavy atom. The van der Waals surface area contributed by atoms with Gasteiger partial charge in [-0.3, -0.25) is 0 Å². The molecule has 1 aromatic rings. The first-order chi connectivity index (χ1) is 9.46. The Balaban J connectivity index is 2.41. The van der Waals surface area contributed by atoms with Crippen LogP contribution < -0.4 is 0 Å². The fourth-order valence-corrected chi connectivity index (χ4v) is 6.16. The molecule has 1 aliphatic rings. The molecule has 3 nitrogen and oxygen atoms in total. The van der Waals surface area contributed by atoms with Crippen molar-refractivity contribution in [1.82, 2.24) is 4.31 Å². The highest BCUT2D eigenvalue weighted by atomic mass is 79.9. The molecule has 6 heteroatoms. The Hall–Kier alpha value is 0.0900. The lowest BCUT2D eigenvalue weighted by atomic mass is 10.1. The highest BCUT2D eigenvalue weighted by Gasteiger charge is 2.32. The van der Waals surface area contributed by atoms with Crippen LogP contribution in [0.5, 0.6) is 0 Å². The zero-order valence-electron chi connectivity index (χ0n) is 11.5. The van der Waals surface area contributed by atoms with Gasteiger partial charge in [0.1, 0.15) is 0 Å². The van der Waals surface area contributed by atoms with Gasteiger partial charge in [-0.15, -0.1) is 0 Å². The molecule has 0 saturated carbocycles. The van der Waals surface area contributed by atoms with Gasteiger partial charge in [0, 0.05) is 21.5 Å². The number of sulfonamides is 1. The predicted octanol–water partition coefficient (Wildman–Crippen LogP) is 4.55. The SMILES string of the molecule is CCC1CCCCCN1S(=O)(=O)c1ccc(Br)cc1Br. The maximum absolute atomic E-state index is 12.9. The molecule has 0 bridgehead atoms. The minimum atomic E-state index is -3.43. The van der Waals surface area contributed by atoms with E-state index in [9.17, 15) is 8.42 Å². The second kappa shape index (κ2) is 6.90. The van der Waals surface area contributed by atoms with Gasteiger partial charge >= 0.3 is 0 Å². The average molecular weight is 425 g/mol. The molecule has 1 unspecified atom stereocenters. The molecule has 0 aromatic heterocycles. The van der Waals surface area contributed by atoms with Crippen molar-refractivity contribution < 1.29 is 8.42 Å². The van der Waals surface area contributed by atoms with Crippen LogP contribution in [0.3, 0.4) is 0 Å². The van der Waals surface area contributed by atoms with E-state index in [2.05, 4.69) is 38.8 Å². The van der Waals surface area contributed by atoms with E-state index < -0.39 is 10.0 Å². The molecule has 1 saturated heterocycles. The highest BCUT2D eigenvalue weighted by molar-refractivity contribution is 9.11. The molecule has 0 radical (unpaired) electrons. The van der Waals surface area contributed by atoms with Crippen LogP contribution in [0.4, 0.5) is 0 Å². The maximum atomic E-state index is 12.9. The molecule has 2 rings (SSSR count). The summed E-state index contributed by atoms with van der Waals surface area (Å²) in [5.74, 6) is 0. The summed E-state index contributed by atoms with van der Waals surface area (Å²) in [5.41, 5.74) is 0. The van der Waals surface area contributed by atoms with Gasteiger partial charge in [-0.25, -0.2) is 8.42 Å². The lowest BCUT2D eigenvalue weighted by Gasteiger charge is -2.28. The van der Waals surface area contributed by atoms with Crippen molar-refractivity contribution in [3.05, 3.63) is 27.1 Å². The summed E-state index contributed by atoms with van der Waals surface area (Å²) >= 11 is 6.73. The molecule has 1 atom stereocenters. The van der Waals surface area contributed by atoms with Crippen molar-refractivity contribution >= 4 is 41.9 Å². The number of nitrogens with zero attached hydrogens (tertiary/aromatic N) is 1. The molecule has 0 aliphatic carbocycles. The van der Waals surface area contributed by atoms with Crippen LogP contribution >= 0.6 is 31.9 Å². The van der Waals surface area contributed by atoms with Crippen LogP contribution in [-0.4, -0.2) is 25.3 Å². The van der Waals surface area contributed by atoms with Gasteiger partial charge in [0.05, 0.1) is 4.90 Å². The summed E-state index contributed by atoms with van der Waals surface area (Å²) < 4.78 is 29.0. The van der Waals surface area contributed by atoms with E-state index in [1.54, 1.807) is 22.5 Å². The minimum absolute atomic E-state index is 0.123. The molecule has 1 aliphatic heterocycles. The van der Waals surface area contributed by atoms with E-state index in [0.717, 1.165) is 36.6 Å². The normalized spacial score (nSPS) is 21.6. The van der Waals surface area contributed by atoms with Crippen LogP contribution in [0.25, 0.3) is 0 Å². The molecule has 20 heavy (non-hydrogen) atoms. The molecular weight excluding hydrogens is 406 g/mol. The lowest BCUT2D eigenvalue weighted by molar-refractivity contribution is 0.315. The van der Waals surface area contributed by atoms with Gasteiger partial charge < -0.3 is 0 Å². The van der Waals surface area contributed by atoms with Gasteiger partial charge in [0.2, 0.25) is 10.0 Å². The highest BCUT2D eigenvalue weighted by Crippen LogP contribution is 2.31. The lowest BCUT2D eigenvalue weighted by Crippen LogP contribution is -2.39. The summed E-state index contributed by atoms with van der Waals surface area (Å²) in [5, 5.41) is 0. The first kappa shape index (κ1) is 16.5. The smallest absolute Gasteiger partial charge is 0.207 e. The van der Waals surface area contributed by atoms with Gasteiger partial charge in [0.15, 0.2) is 0 Å². The third kappa shape index (κ3) is 3.46. The Morgan fingerprint density at radius 3 is 2.65 bits per heavy atom. The summed E-state index contributed by atoms with van der Waals surface area (Å²) in [7, 11) is -3.43. The first-order valence-corrected chi connectivity index (χ1v) is 9.96. The van der Waals surface area contributed by atoms with E-state index >= 15 is 0 Å². The third-order valence-electron chi connectivity index (χ3n) is 3.77. The van der Waals surface area contributed by atoms with Crippen LogP contribution in [0, 0.1) is 0 Å². The van der Waals surface area contributed by atoms with Gasteiger partial charge in [0.25, 0.3) is 0 Å². The fourth-order valence-electron chi connectivity index (χ4n) is 2.69. The van der Waals surface area contributed by atoms with Gasteiger partial charge in [-0.05, 0) is 53.4 Å². The monoisotopic (exact) mass is 423 g/mol. The summed E-state index contributed by atoms with van der Waals surface area (Å²) in [6, 6.07) is 5.35. The standard InChI is InChI=1S/C14H19Br2NO2S/c1-2-12-6-4-3-5-9-17(12)20(18,19)14-8-7-11(15)10-13(14)16/h7-8,10,12H,2-6,9H2,1H3. The zero-order chi connectivity index (χ0) is 14.8. The van der Waals surface area contributed by atoms with Crippen molar-refractivity contribution in [1.29, 1.82) is 0 Å². The quantitative estimate of drug-likeness (QED) is 0.713. The number of hydrogen-bond acceptors (Lipinski definition) is 2. The van der Waals surface area contributed by atoms with Crippen molar-refractivity contribution in [3.8, 4) is 0 Å². The molecule has 0 spiro atoms. The zero-order valence-corrected chi connectivity index (χ0v) is 15.5. The summed E-state index contributed by atoms with van der Waals surface area (Å²) in [4.78, 5) is 0.362. The third-order valence-corrected chi connectivity index (χ3v) is 7.20. The number of benzene rings is 1. The van der Waals surface area contributed by atoms with Crippen LogP contribution in [-0.2, 0) is 10.0 Å². The molecule has 1 heterocycles. The average Bonchev–Trinajstić information content (AvgIpc) is 2.63. The van der Waals surface area contributed by atoms with Crippen LogP contribution in [0.2, 0.25) is 0 Å². The second-order valence-corrected chi connectivity index (χ2v) is 8.73. The molecule has 112 valence electrons. The minimum Gasteiger partial charge on any atom is -0.207 e. The Morgan fingerprint density at radius 1 is 1.25 bits per heavy atom. The van der Waals surface area contributed by atoms with Crippen molar-refractivity contribution in [2.75, 3.05) is 6.54 Å². The largest absolute Gasteiger partial charge is 0.244 e. The van der Waals surface area contributed by atoms with Crippen molar-refractivity contribution in [2.45, 2.75) is 50.0 Å². The van der Waals surface area contributed by atoms with Crippen molar-refractivity contribution in [3.63, 3.8) is 0 Å². The summed E-state index contributed by atoms with van der Waals surface area (Å²) in [6.07, 6.45) is 5.01. The molecule has 1 fully saturated rings. The van der Waals surface area contributed by atoms with Gasteiger partial charge in [-0.2, -0.15) is 4.31 Å². The van der Waals surface area contributed by atoms with E-state index in [1.165, 1.54) is 0 Å². The molecular formula is C14H19Br2NO2S. The topological polar surface area (TPSA) is 37.4 Å². The Bertz CT molecular complexity index is 575. The molecule has 1 aromatic carbocycles. The van der Waals surface area contributed by atoms with E-state index in [1.807, 2.05) is 0 Å². The van der Waals surface area contributed by atoms with Gasteiger partial charge in [-0.1, -0.05) is 35.7 Å². The number of hydrogen-bond donors (Lipinski definition) is 0. The van der Waals surface area contributed by atoms with Crippen LogP contribution in [0.1, 0.15) is 39.0 Å². The second-order valence-electron chi connectivity index (χ2n) is 5.10. The maximum Gasteiger partial charge on any atom is 0.244 e. The first-order valence-electron chi connectivity index (χ1n) is 6.93. The Kier molecular flexibility index (Phi) is 5.68. The number of rotatable bonds is 3. The fraction of sp³-hybridized carbons (Fsp3) is 0.571. The van der Waals surface area contributed by atoms with E-state index in [-0.39, 0.29) is 6.04 Å². The molecule has 0 amide bonds. The van der Waals surface area contributed by atoms with Crippen molar-refractivity contribution in [2.24, 2.45) is 0 Å². The Labute approximate surface area is 138 Å². The number of halogens is 2. The van der Waals surface area contributed by atoms with E-state index in [4.69, 9.17) is 0 Å². The van der Waals surface area contributed by atoms with E-state index in [0.29, 0.717) is 15.9 Å². The molecule has 0 N–H and O–H groups in total. The summed E-state index contributed by atoms with van der Waals surface area (Å²) in [6.45, 7) is 2.69.